The molecule has 0 aliphatic carbocycles. The number of benzene rings is 3. The van der Waals surface area contributed by atoms with Gasteiger partial charge in [0.15, 0.2) is 5.78 Å². The molecule has 1 unspecified atom stereocenters. The second-order valence-corrected chi connectivity index (χ2v) is 5.92. The van der Waals surface area contributed by atoms with E-state index in [-0.39, 0.29) is 11.7 Å². The highest BCUT2D eigenvalue weighted by Crippen LogP contribution is 2.30. The Bertz CT molecular complexity index is 1070. The van der Waals surface area contributed by atoms with Crippen LogP contribution in [0.5, 0.6) is 0 Å². The lowest BCUT2D eigenvalue weighted by Crippen LogP contribution is -2.27. The third-order valence-corrected chi connectivity index (χ3v) is 4.39. The fraction of sp³-hybridized carbons (Fsp3) is 0.0455. The highest BCUT2D eigenvalue weighted by atomic mass is 16.2. The molecule has 0 saturated heterocycles. The molecule has 1 aliphatic heterocycles. The highest BCUT2D eigenvalue weighted by molar-refractivity contribution is 6.25. The summed E-state index contributed by atoms with van der Waals surface area (Å²) in [5, 5.41) is 1.37. The standard InChI is InChI=1S/C22H15NO2/c24-21(16-11-5-2-6-12-16)19(15-9-3-1-4-10-15)20-17-13-7-8-14-18(17)23-22(20)25/h1-14,19H. The molecule has 1 heterocycles. The van der Waals surface area contributed by atoms with Gasteiger partial charge in [-0.15, -0.1) is 0 Å². The van der Waals surface area contributed by atoms with Gasteiger partial charge in [0, 0.05) is 16.4 Å². The SMILES string of the molecule is O=C1N=c2ccccc2=C1C(C(=O)c1ccccc1)c1ccccc1. The summed E-state index contributed by atoms with van der Waals surface area (Å²) >= 11 is 0. The van der Waals surface area contributed by atoms with Crippen molar-refractivity contribution in [2.24, 2.45) is 4.99 Å². The van der Waals surface area contributed by atoms with Crippen molar-refractivity contribution in [3.63, 3.8) is 0 Å². The van der Waals surface area contributed by atoms with Crippen LogP contribution in [0.15, 0.2) is 89.9 Å². The summed E-state index contributed by atoms with van der Waals surface area (Å²) in [5.74, 6) is -1.09. The first kappa shape index (κ1) is 15.2. The van der Waals surface area contributed by atoms with Gasteiger partial charge in [0.2, 0.25) is 0 Å². The fourth-order valence-corrected chi connectivity index (χ4v) is 3.23. The van der Waals surface area contributed by atoms with E-state index in [0.717, 1.165) is 10.8 Å². The summed E-state index contributed by atoms with van der Waals surface area (Å²) in [6.07, 6.45) is 0. The molecule has 0 radical (unpaired) electrons. The quantitative estimate of drug-likeness (QED) is 0.692. The number of fused-ring (bicyclic) bond motifs is 1. The molecule has 0 bridgehead atoms. The number of hydrogen-bond acceptors (Lipinski definition) is 2. The van der Waals surface area contributed by atoms with Crippen LogP contribution in [-0.4, -0.2) is 11.7 Å². The molecule has 1 amide bonds. The lowest BCUT2D eigenvalue weighted by molar-refractivity contribution is -0.112. The van der Waals surface area contributed by atoms with Crippen LogP contribution in [0, 0.1) is 0 Å². The van der Waals surface area contributed by atoms with E-state index in [4.69, 9.17) is 0 Å². The first-order valence-corrected chi connectivity index (χ1v) is 8.12. The average molecular weight is 325 g/mol. The van der Waals surface area contributed by atoms with E-state index >= 15 is 0 Å². The normalized spacial score (nSPS) is 13.9. The number of rotatable bonds is 4. The molecule has 120 valence electrons. The smallest absolute Gasteiger partial charge is 0.275 e. The summed E-state index contributed by atoms with van der Waals surface area (Å²) in [6, 6.07) is 25.9. The molecule has 3 nitrogen and oxygen atoms in total. The van der Waals surface area contributed by atoms with Crippen LogP contribution in [0.4, 0.5) is 0 Å². The van der Waals surface area contributed by atoms with E-state index in [1.807, 2.05) is 66.7 Å². The molecule has 0 saturated carbocycles. The van der Waals surface area contributed by atoms with Crippen molar-refractivity contribution in [3.05, 3.63) is 107 Å². The van der Waals surface area contributed by atoms with Crippen molar-refractivity contribution < 1.29 is 9.59 Å². The van der Waals surface area contributed by atoms with E-state index in [1.165, 1.54) is 0 Å². The van der Waals surface area contributed by atoms with E-state index in [2.05, 4.69) is 4.99 Å². The zero-order valence-corrected chi connectivity index (χ0v) is 13.4. The summed E-state index contributed by atoms with van der Waals surface area (Å²) in [7, 11) is 0. The second-order valence-electron chi connectivity index (χ2n) is 5.92. The molecule has 4 rings (SSSR count). The van der Waals surface area contributed by atoms with Gasteiger partial charge in [-0.2, -0.15) is 0 Å². The average Bonchev–Trinajstić information content (AvgIpc) is 3.00. The monoisotopic (exact) mass is 325 g/mol. The van der Waals surface area contributed by atoms with Gasteiger partial charge in [-0.3, -0.25) is 9.59 Å². The minimum absolute atomic E-state index is 0.0953. The Hall–Kier alpha value is -3.33. The number of amides is 1. The molecule has 3 aromatic rings. The van der Waals surface area contributed by atoms with Crippen LogP contribution in [0.3, 0.4) is 0 Å². The largest absolute Gasteiger partial charge is 0.293 e. The lowest BCUT2D eigenvalue weighted by atomic mass is 9.83. The number of carbonyl (C=O) groups is 2. The third-order valence-electron chi connectivity index (χ3n) is 4.39. The zero-order chi connectivity index (χ0) is 17.2. The van der Waals surface area contributed by atoms with Gasteiger partial charge < -0.3 is 0 Å². The summed E-state index contributed by atoms with van der Waals surface area (Å²) in [4.78, 5) is 30.0. The van der Waals surface area contributed by atoms with Crippen LogP contribution in [0.2, 0.25) is 0 Å². The van der Waals surface area contributed by atoms with Gasteiger partial charge in [-0.05, 0) is 11.6 Å². The Morgan fingerprint density at radius 3 is 2.08 bits per heavy atom. The van der Waals surface area contributed by atoms with E-state index in [9.17, 15) is 9.59 Å². The van der Waals surface area contributed by atoms with Crippen molar-refractivity contribution in [1.82, 2.24) is 0 Å². The predicted molar refractivity (Wildman–Crippen MR) is 95.6 cm³/mol. The Balaban J connectivity index is 1.96. The van der Waals surface area contributed by atoms with Gasteiger partial charge in [0.25, 0.3) is 5.91 Å². The molecule has 25 heavy (non-hydrogen) atoms. The first-order chi connectivity index (χ1) is 12.3. The van der Waals surface area contributed by atoms with E-state index in [0.29, 0.717) is 16.5 Å². The maximum Gasteiger partial charge on any atom is 0.275 e. The highest BCUT2D eigenvalue weighted by Gasteiger charge is 2.32. The molecule has 0 fully saturated rings. The Morgan fingerprint density at radius 1 is 0.760 bits per heavy atom. The number of para-hydroxylation sites is 1. The zero-order valence-electron chi connectivity index (χ0n) is 13.4. The molecule has 0 N–H and O–H groups in total. The topological polar surface area (TPSA) is 46.5 Å². The van der Waals surface area contributed by atoms with Gasteiger partial charge in [0.05, 0.1) is 11.3 Å². The number of Topliss-reactive ketones (excluding diaryl/α,β-unsaturated/α-hetero) is 1. The maximum atomic E-state index is 13.3. The lowest BCUT2D eigenvalue weighted by Gasteiger charge is -2.17. The van der Waals surface area contributed by atoms with Gasteiger partial charge in [-0.25, -0.2) is 4.99 Å². The number of ketones is 1. The van der Waals surface area contributed by atoms with Crippen LogP contribution < -0.4 is 10.6 Å². The predicted octanol–water partition coefficient (Wildman–Crippen LogP) is 2.66. The number of hydrogen-bond donors (Lipinski definition) is 0. The molecule has 0 spiro atoms. The van der Waals surface area contributed by atoms with Gasteiger partial charge in [0.1, 0.15) is 0 Å². The minimum atomic E-state index is -0.663. The van der Waals surface area contributed by atoms with Crippen molar-refractivity contribution in [3.8, 4) is 0 Å². The molecule has 1 aliphatic rings. The van der Waals surface area contributed by atoms with Crippen LogP contribution >= 0.6 is 0 Å². The van der Waals surface area contributed by atoms with E-state index in [1.54, 1.807) is 18.2 Å². The van der Waals surface area contributed by atoms with Gasteiger partial charge in [-0.1, -0.05) is 78.9 Å². The summed E-state index contributed by atoms with van der Waals surface area (Å²) < 4.78 is 0. The summed E-state index contributed by atoms with van der Waals surface area (Å²) in [6.45, 7) is 0. The van der Waals surface area contributed by atoms with Crippen LogP contribution in [0.1, 0.15) is 21.8 Å². The van der Waals surface area contributed by atoms with Crippen LogP contribution in [0.25, 0.3) is 5.57 Å². The molecular formula is C22H15NO2. The van der Waals surface area contributed by atoms with Crippen molar-refractivity contribution in [2.45, 2.75) is 5.92 Å². The molecule has 3 aromatic carbocycles. The fourth-order valence-electron chi connectivity index (χ4n) is 3.23. The van der Waals surface area contributed by atoms with Crippen molar-refractivity contribution in [1.29, 1.82) is 0 Å². The molecule has 3 heteroatoms. The van der Waals surface area contributed by atoms with Gasteiger partial charge >= 0.3 is 0 Å². The van der Waals surface area contributed by atoms with E-state index < -0.39 is 5.92 Å². The Labute approximate surface area is 145 Å². The first-order valence-electron chi connectivity index (χ1n) is 8.12. The second kappa shape index (κ2) is 6.29. The number of nitrogens with zero attached hydrogens (tertiary/aromatic N) is 1. The Kier molecular flexibility index (Phi) is 3.82. The summed E-state index contributed by atoms with van der Waals surface area (Å²) in [5.41, 5.74) is 1.84. The number of carbonyl (C=O) groups excluding carboxylic acids is 2. The third kappa shape index (κ3) is 2.70. The maximum absolute atomic E-state index is 13.3. The van der Waals surface area contributed by atoms with Crippen LogP contribution in [-0.2, 0) is 4.79 Å². The van der Waals surface area contributed by atoms with Crippen molar-refractivity contribution >= 4 is 17.3 Å². The minimum Gasteiger partial charge on any atom is -0.293 e. The molecule has 0 aromatic heterocycles. The molecular weight excluding hydrogens is 310 g/mol. The Morgan fingerprint density at radius 2 is 1.36 bits per heavy atom. The van der Waals surface area contributed by atoms with Crippen molar-refractivity contribution in [2.75, 3.05) is 0 Å². The molecule has 1 atom stereocenters.